The van der Waals surface area contributed by atoms with Crippen LogP contribution in [0.25, 0.3) is 0 Å². The van der Waals surface area contributed by atoms with Crippen LogP contribution in [0, 0.1) is 5.41 Å². The van der Waals surface area contributed by atoms with Gasteiger partial charge in [-0.2, -0.15) is 0 Å². The molecular formula is C16H32N2O. The highest BCUT2D eigenvalue weighted by molar-refractivity contribution is 4.86. The molecule has 1 saturated heterocycles. The summed E-state index contributed by atoms with van der Waals surface area (Å²) in [5.74, 6) is 0. The highest BCUT2D eigenvalue weighted by Gasteiger charge is 2.33. The highest BCUT2D eigenvalue weighted by Crippen LogP contribution is 2.35. The van der Waals surface area contributed by atoms with Crippen LogP contribution in [0.1, 0.15) is 51.9 Å². The number of aliphatic hydroxyl groups excluding tert-OH is 1. The van der Waals surface area contributed by atoms with E-state index in [2.05, 4.69) is 16.7 Å². The third-order valence-electron chi connectivity index (χ3n) is 5.06. The molecule has 0 aromatic rings. The van der Waals surface area contributed by atoms with Crippen molar-refractivity contribution in [3.8, 4) is 0 Å². The van der Waals surface area contributed by atoms with Gasteiger partial charge in [-0.3, -0.25) is 0 Å². The first kappa shape index (κ1) is 15.3. The van der Waals surface area contributed by atoms with Crippen molar-refractivity contribution in [2.24, 2.45) is 5.41 Å². The predicted octanol–water partition coefficient (Wildman–Crippen LogP) is 2.35. The van der Waals surface area contributed by atoms with Crippen LogP contribution in [0.5, 0.6) is 0 Å². The van der Waals surface area contributed by atoms with E-state index in [0.717, 1.165) is 6.54 Å². The van der Waals surface area contributed by atoms with E-state index in [4.69, 9.17) is 0 Å². The smallest absolute Gasteiger partial charge is 0.0499 e. The largest absolute Gasteiger partial charge is 0.396 e. The molecule has 1 aliphatic heterocycles. The molecule has 0 atom stereocenters. The molecule has 3 heteroatoms. The summed E-state index contributed by atoms with van der Waals surface area (Å²) < 4.78 is 0. The van der Waals surface area contributed by atoms with Crippen LogP contribution < -0.4 is 0 Å². The van der Waals surface area contributed by atoms with Crippen LogP contribution in [-0.4, -0.2) is 60.8 Å². The van der Waals surface area contributed by atoms with E-state index in [-0.39, 0.29) is 5.41 Å². The highest BCUT2D eigenvalue weighted by atomic mass is 16.3. The molecule has 2 aliphatic rings. The summed E-state index contributed by atoms with van der Waals surface area (Å²) in [6.45, 7) is 9.86. The van der Waals surface area contributed by atoms with Gasteiger partial charge in [-0.15, -0.1) is 0 Å². The molecule has 0 spiro atoms. The van der Waals surface area contributed by atoms with E-state index in [1.807, 2.05) is 0 Å². The molecule has 2 rings (SSSR count). The lowest BCUT2D eigenvalue weighted by molar-refractivity contribution is 0.0360. The SMILES string of the molecule is CCCN1CCN(CC2(CO)CCCCCC2)CC1. The summed E-state index contributed by atoms with van der Waals surface area (Å²) in [4.78, 5) is 5.18. The van der Waals surface area contributed by atoms with Gasteiger partial charge in [0.2, 0.25) is 0 Å². The Labute approximate surface area is 119 Å². The van der Waals surface area contributed by atoms with Gasteiger partial charge in [-0.05, 0) is 25.8 Å². The number of piperazine rings is 1. The van der Waals surface area contributed by atoms with Gasteiger partial charge >= 0.3 is 0 Å². The van der Waals surface area contributed by atoms with E-state index in [0.29, 0.717) is 6.61 Å². The zero-order chi connectivity index (χ0) is 13.6. The summed E-state index contributed by atoms with van der Waals surface area (Å²) >= 11 is 0. The van der Waals surface area contributed by atoms with Crippen molar-refractivity contribution in [3.05, 3.63) is 0 Å². The van der Waals surface area contributed by atoms with E-state index >= 15 is 0 Å². The van der Waals surface area contributed by atoms with Gasteiger partial charge in [-0.25, -0.2) is 0 Å². The standard InChI is InChI=1S/C16H32N2O/c1-2-9-17-10-12-18(13-11-17)14-16(15-19)7-5-3-4-6-8-16/h19H,2-15H2,1H3. The minimum absolute atomic E-state index is 0.212. The van der Waals surface area contributed by atoms with Gasteiger partial charge < -0.3 is 14.9 Å². The number of nitrogens with zero attached hydrogens (tertiary/aromatic N) is 2. The van der Waals surface area contributed by atoms with Gasteiger partial charge in [0, 0.05) is 44.7 Å². The monoisotopic (exact) mass is 268 g/mol. The molecule has 0 unspecified atom stereocenters. The topological polar surface area (TPSA) is 26.7 Å². The Morgan fingerprint density at radius 2 is 1.47 bits per heavy atom. The molecule has 0 aromatic heterocycles. The fraction of sp³-hybridized carbons (Fsp3) is 1.00. The van der Waals surface area contributed by atoms with Crippen LogP contribution in [0.3, 0.4) is 0 Å². The fourth-order valence-electron chi connectivity index (χ4n) is 3.81. The molecular weight excluding hydrogens is 236 g/mol. The van der Waals surface area contributed by atoms with E-state index in [1.165, 1.54) is 77.7 Å². The molecule has 3 nitrogen and oxygen atoms in total. The third-order valence-corrected chi connectivity index (χ3v) is 5.06. The molecule has 0 aromatic carbocycles. The summed E-state index contributed by atoms with van der Waals surface area (Å²) in [6.07, 6.45) is 9.10. The molecule has 1 heterocycles. The first-order valence-electron chi connectivity index (χ1n) is 8.33. The van der Waals surface area contributed by atoms with Gasteiger partial charge in [-0.1, -0.05) is 32.6 Å². The summed E-state index contributed by atoms with van der Waals surface area (Å²) in [7, 11) is 0. The quantitative estimate of drug-likeness (QED) is 0.775. The van der Waals surface area contributed by atoms with Crippen LogP contribution in [-0.2, 0) is 0 Å². The lowest BCUT2D eigenvalue weighted by Crippen LogP contribution is -2.50. The molecule has 0 radical (unpaired) electrons. The number of hydrogen-bond donors (Lipinski definition) is 1. The van der Waals surface area contributed by atoms with Crippen LogP contribution in [0.2, 0.25) is 0 Å². The van der Waals surface area contributed by atoms with E-state index < -0.39 is 0 Å². The molecule has 2 fully saturated rings. The second-order valence-corrected chi connectivity index (χ2v) is 6.69. The number of aliphatic hydroxyl groups is 1. The van der Waals surface area contributed by atoms with Crippen molar-refractivity contribution >= 4 is 0 Å². The first-order valence-corrected chi connectivity index (χ1v) is 8.33. The second-order valence-electron chi connectivity index (χ2n) is 6.69. The maximum absolute atomic E-state index is 9.90. The summed E-state index contributed by atoms with van der Waals surface area (Å²) in [5, 5.41) is 9.90. The zero-order valence-corrected chi connectivity index (χ0v) is 12.7. The summed E-state index contributed by atoms with van der Waals surface area (Å²) in [5.41, 5.74) is 0.212. The normalized spacial score (nSPS) is 26.2. The second kappa shape index (κ2) is 7.61. The molecule has 1 saturated carbocycles. The minimum Gasteiger partial charge on any atom is -0.396 e. The summed E-state index contributed by atoms with van der Waals surface area (Å²) in [6, 6.07) is 0. The fourth-order valence-corrected chi connectivity index (χ4v) is 3.81. The Morgan fingerprint density at radius 1 is 0.895 bits per heavy atom. The van der Waals surface area contributed by atoms with Crippen molar-refractivity contribution in [1.29, 1.82) is 0 Å². The average molecular weight is 268 g/mol. The Hall–Kier alpha value is -0.120. The van der Waals surface area contributed by atoms with E-state index in [1.54, 1.807) is 0 Å². The van der Waals surface area contributed by atoms with Crippen LogP contribution >= 0.6 is 0 Å². The predicted molar refractivity (Wildman–Crippen MR) is 80.4 cm³/mol. The van der Waals surface area contributed by atoms with Gasteiger partial charge in [0.15, 0.2) is 0 Å². The third kappa shape index (κ3) is 4.44. The Bertz CT molecular complexity index is 241. The van der Waals surface area contributed by atoms with Crippen LogP contribution in [0.15, 0.2) is 0 Å². The Morgan fingerprint density at radius 3 is 2.00 bits per heavy atom. The van der Waals surface area contributed by atoms with E-state index in [9.17, 15) is 5.11 Å². The first-order chi connectivity index (χ1) is 9.28. The van der Waals surface area contributed by atoms with Crippen LogP contribution in [0.4, 0.5) is 0 Å². The lowest BCUT2D eigenvalue weighted by atomic mass is 9.80. The number of hydrogen-bond acceptors (Lipinski definition) is 3. The Balaban J connectivity index is 1.82. The number of rotatable bonds is 5. The molecule has 1 aliphatic carbocycles. The van der Waals surface area contributed by atoms with Crippen molar-refractivity contribution < 1.29 is 5.11 Å². The zero-order valence-electron chi connectivity index (χ0n) is 12.7. The molecule has 0 amide bonds. The van der Waals surface area contributed by atoms with Crippen molar-refractivity contribution in [2.75, 3.05) is 45.9 Å². The van der Waals surface area contributed by atoms with Crippen molar-refractivity contribution in [2.45, 2.75) is 51.9 Å². The molecule has 112 valence electrons. The Kier molecular flexibility index (Phi) is 6.11. The van der Waals surface area contributed by atoms with Gasteiger partial charge in [0.25, 0.3) is 0 Å². The van der Waals surface area contributed by atoms with Gasteiger partial charge in [0.1, 0.15) is 0 Å². The maximum atomic E-state index is 9.90. The molecule has 0 bridgehead atoms. The van der Waals surface area contributed by atoms with Crippen molar-refractivity contribution in [1.82, 2.24) is 9.80 Å². The average Bonchev–Trinajstić information content (AvgIpc) is 2.68. The lowest BCUT2D eigenvalue weighted by Gasteiger charge is -2.41. The maximum Gasteiger partial charge on any atom is 0.0499 e. The molecule has 1 N–H and O–H groups in total. The van der Waals surface area contributed by atoms with Crippen molar-refractivity contribution in [3.63, 3.8) is 0 Å². The van der Waals surface area contributed by atoms with Gasteiger partial charge in [0.05, 0.1) is 0 Å². The minimum atomic E-state index is 0.212. The molecule has 19 heavy (non-hydrogen) atoms.